The van der Waals surface area contributed by atoms with E-state index in [1.807, 2.05) is 34.3 Å². The number of ether oxygens (including phenoxy) is 1. The Kier molecular flexibility index (Phi) is 5.17. The van der Waals surface area contributed by atoms with Crippen LogP contribution in [0.5, 0.6) is 5.75 Å². The Morgan fingerprint density at radius 1 is 1.42 bits per heavy atom. The smallest absolute Gasteiger partial charge is 0.167 e. The van der Waals surface area contributed by atoms with Crippen LogP contribution in [0.2, 0.25) is 0 Å². The van der Waals surface area contributed by atoms with E-state index in [2.05, 4.69) is 22.2 Å². The molecular formula is C19H19BrN2O2. The SMILES string of the molecule is COc1ccc2cc(C(=O)C3CCCN(Br)C3)ccc2c1CC#N. The van der Waals surface area contributed by atoms with Gasteiger partial charge in [0.15, 0.2) is 5.78 Å². The minimum absolute atomic E-state index is 0.0346. The number of carbonyl (C=O) groups excluding carboxylic acids is 1. The van der Waals surface area contributed by atoms with E-state index in [4.69, 9.17) is 10.00 Å². The highest BCUT2D eigenvalue weighted by atomic mass is 79.9. The standard InChI is InChI=1S/C19H19BrN2O2/c1-24-18-7-5-13-11-14(4-6-16(13)17(18)8-9-21)19(23)15-3-2-10-22(20)12-15/h4-7,11,15H,2-3,8,10,12H2,1H3. The number of ketones is 1. The average molecular weight is 387 g/mol. The van der Waals surface area contributed by atoms with E-state index >= 15 is 0 Å². The molecule has 4 nitrogen and oxygen atoms in total. The van der Waals surface area contributed by atoms with Crippen molar-refractivity contribution in [3.8, 4) is 11.8 Å². The van der Waals surface area contributed by atoms with Gasteiger partial charge in [-0.25, -0.2) is 3.93 Å². The van der Waals surface area contributed by atoms with Crippen molar-refractivity contribution in [2.24, 2.45) is 5.92 Å². The van der Waals surface area contributed by atoms with Crippen LogP contribution in [0.15, 0.2) is 30.3 Å². The number of methoxy groups -OCH3 is 1. The van der Waals surface area contributed by atoms with Crippen molar-refractivity contribution in [3.63, 3.8) is 0 Å². The lowest BCUT2D eigenvalue weighted by Crippen LogP contribution is -2.32. The summed E-state index contributed by atoms with van der Waals surface area (Å²) in [4.78, 5) is 12.8. The second-order valence-corrected chi connectivity index (χ2v) is 7.09. The molecule has 2 aromatic carbocycles. The number of hydrogen-bond donors (Lipinski definition) is 0. The molecule has 1 unspecified atom stereocenters. The highest BCUT2D eigenvalue weighted by Crippen LogP contribution is 2.30. The van der Waals surface area contributed by atoms with Gasteiger partial charge in [-0.15, -0.1) is 0 Å². The summed E-state index contributed by atoms with van der Waals surface area (Å²) in [5.41, 5.74) is 1.61. The van der Waals surface area contributed by atoms with Gasteiger partial charge in [0.25, 0.3) is 0 Å². The molecule has 0 spiro atoms. The van der Waals surface area contributed by atoms with Crippen LogP contribution in [-0.2, 0) is 6.42 Å². The molecule has 0 saturated carbocycles. The monoisotopic (exact) mass is 386 g/mol. The van der Waals surface area contributed by atoms with Crippen LogP contribution in [0.25, 0.3) is 10.8 Å². The molecule has 5 heteroatoms. The third-order valence-corrected chi connectivity index (χ3v) is 5.24. The topological polar surface area (TPSA) is 53.3 Å². The summed E-state index contributed by atoms with van der Waals surface area (Å²) < 4.78 is 7.40. The molecule has 124 valence electrons. The minimum atomic E-state index is 0.0346. The van der Waals surface area contributed by atoms with Gasteiger partial charge in [-0.1, -0.05) is 18.2 Å². The number of fused-ring (bicyclic) bond motifs is 1. The van der Waals surface area contributed by atoms with Crippen molar-refractivity contribution in [2.75, 3.05) is 20.2 Å². The largest absolute Gasteiger partial charge is 0.496 e. The summed E-state index contributed by atoms with van der Waals surface area (Å²) >= 11 is 3.49. The van der Waals surface area contributed by atoms with Crippen LogP contribution >= 0.6 is 16.1 Å². The van der Waals surface area contributed by atoms with Gasteiger partial charge in [0.2, 0.25) is 0 Å². The second kappa shape index (κ2) is 7.33. The maximum absolute atomic E-state index is 12.8. The fourth-order valence-electron chi connectivity index (χ4n) is 3.36. The first-order valence-corrected chi connectivity index (χ1v) is 8.76. The van der Waals surface area contributed by atoms with Gasteiger partial charge in [0.05, 0.1) is 19.6 Å². The summed E-state index contributed by atoms with van der Waals surface area (Å²) in [6.45, 7) is 1.73. The molecule has 0 bridgehead atoms. The van der Waals surface area contributed by atoms with E-state index in [1.54, 1.807) is 7.11 Å². The number of nitrogens with zero attached hydrogens (tertiary/aromatic N) is 2. The molecule has 0 N–H and O–H groups in total. The molecule has 1 atom stereocenters. The average Bonchev–Trinajstić information content (AvgIpc) is 2.61. The first kappa shape index (κ1) is 16.9. The van der Waals surface area contributed by atoms with Crippen LogP contribution in [0.3, 0.4) is 0 Å². The fraction of sp³-hybridized carbons (Fsp3) is 0.368. The molecule has 0 aliphatic carbocycles. The van der Waals surface area contributed by atoms with Crippen LogP contribution < -0.4 is 4.74 Å². The molecule has 3 rings (SSSR count). The van der Waals surface area contributed by atoms with Gasteiger partial charge in [-0.2, -0.15) is 5.26 Å². The molecule has 0 radical (unpaired) electrons. The molecule has 1 fully saturated rings. The first-order valence-electron chi connectivity index (χ1n) is 8.05. The van der Waals surface area contributed by atoms with Crippen molar-refractivity contribution in [3.05, 3.63) is 41.5 Å². The quantitative estimate of drug-likeness (QED) is 0.585. The van der Waals surface area contributed by atoms with Crippen molar-refractivity contribution in [1.29, 1.82) is 5.26 Å². The van der Waals surface area contributed by atoms with Gasteiger partial charge >= 0.3 is 0 Å². The summed E-state index contributed by atoms with van der Waals surface area (Å²) in [6, 6.07) is 11.7. The van der Waals surface area contributed by atoms with Crippen LogP contribution in [0, 0.1) is 17.2 Å². The molecule has 0 amide bonds. The Morgan fingerprint density at radius 3 is 2.96 bits per heavy atom. The number of Topliss-reactive ketones (excluding diaryl/α,β-unsaturated/α-hetero) is 1. The lowest BCUT2D eigenvalue weighted by Gasteiger charge is -2.27. The van der Waals surface area contributed by atoms with Crippen molar-refractivity contribution in [1.82, 2.24) is 3.93 Å². The van der Waals surface area contributed by atoms with E-state index in [1.165, 1.54) is 0 Å². The molecule has 2 aromatic rings. The van der Waals surface area contributed by atoms with Crippen molar-refractivity contribution < 1.29 is 9.53 Å². The van der Waals surface area contributed by atoms with E-state index in [0.717, 1.165) is 47.8 Å². The van der Waals surface area contributed by atoms with Crippen LogP contribution in [0.1, 0.15) is 28.8 Å². The molecule has 0 aromatic heterocycles. The Bertz CT molecular complexity index is 813. The molecular weight excluding hydrogens is 368 g/mol. The molecule has 1 saturated heterocycles. The Morgan fingerprint density at radius 2 is 2.25 bits per heavy atom. The number of benzene rings is 2. The van der Waals surface area contributed by atoms with Gasteiger partial charge in [0.1, 0.15) is 5.75 Å². The highest BCUT2D eigenvalue weighted by molar-refractivity contribution is 9.07. The Balaban J connectivity index is 1.97. The van der Waals surface area contributed by atoms with E-state index < -0.39 is 0 Å². The fourth-order valence-corrected chi connectivity index (χ4v) is 3.96. The number of halogens is 1. The van der Waals surface area contributed by atoms with E-state index in [0.29, 0.717) is 5.75 Å². The number of nitriles is 1. The van der Waals surface area contributed by atoms with Crippen molar-refractivity contribution >= 4 is 32.7 Å². The minimum Gasteiger partial charge on any atom is -0.496 e. The zero-order valence-corrected chi connectivity index (χ0v) is 15.2. The normalized spacial score (nSPS) is 18.3. The molecule has 1 heterocycles. The predicted molar refractivity (Wildman–Crippen MR) is 97.4 cm³/mol. The lowest BCUT2D eigenvalue weighted by atomic mass is 9.89. The zero-order chi connectivity index (χ0) is 17.1. The zero-order valence-electron chi connectivity index (χ0n) is 13.6. The molecule has 1 aliphatic rings. The second-order valence-electron chi connectivity index (χ2n) is 6.09. The third kappa shape index (κ3) is 3.31. The van der Waals surface area contributed by atoms with E-state index in [-0.39, 0.29) is 18.1 Å². The van der Waals surface area contributed by atoms with Gasteiger partial charge < -0.3 is 4.74 Å². The van der Waals surface area contributed by atoms with Gasteiger partial charge in [-0.05, 0) is 35.7 Å². The van der Waals surface area contributed by atoms with E-state index in [9.17, 15) is 4.79 Å². The summed E-state index contributed by atoms with van der Waals surface area (Å²) in [5, 5.41) is 11.0. The van der Waals surface area contributed by atoms with Crippen LogP contribution in [-0.4, -0.2) is 29.9 Å². The Labute approximate surface area is 150 Å². The number of hydrogen-bond acceptors (Lipinski definition) is 4. The summed E-state index contributed by atoms with van der Waals surface area (Å²) in [5.74, 6) is 0.941. The van der Waals surface area contributed by atoms with Gasteiger partial charge in [-0.3, -0.25) is 4.79 Å². The third-order valence-electron chi connectivity index (χ3n) is 4.59. The number of piperidine rings is 1. The number of carbonyl (C=O) groups is 1. The molecule has 24 heavy (non-hydrogen) atoms. The predicted octanol–water partition coefficient (Wildman–Crippen LogP) is 4.12. The maximum atomic E-state index is 12.8. The van der Waals surface area contributed by atoms with Crippen LogP contribution in [0.4, 0.5) is 0 Å². The first-order chi connectivity index (χ1) is 11.6. The maximum Gasteiger partial charge on any atom is 0.167 e. The van der Waals surface area contributed by atoms with Crippen molar-refractivity contribution in [2.45, 2.75) is 19.3 Å². The van der Waals surface area contributed by atoms with Gasteiger partial charge in [0, 0.05) is 46.3 Å². The Hall–Kier alpha value is -1.90. The summed E-state index contributed by atoms with van der Waals surface area (Å²) in [6.07, 6.45) is 2.25. The number of rotatable bonds is 4. The molecule has 1 aliphatic heterocycles. The highest BCUT2D eigenvalue weighted by Gasteiger charge is 2.25. The summed E-state index contributed by atoms with van der Waals surface area (Å²) in [7, 11) is 1.61. The lowest BCUT2D eigenvalue weighted by molar-refractivity contribution is 0.0878.